The Bertz CT molecular complexity index is 1090. The third kappa shape index (κ3) is 5.94. The Hall–Kier alpha value is -3.74. The van der Waals surface area contributed by atoms with Crippen LogP contribution in [0.4, 0.5) is 4.79 Å². The highest BCUT2D eigenvalue weighted by atomic mass is 16.5. The second kappa shape index (κ2) is 10.3. The van der Waals surface area contributed by atoms with Gasteiger partial charge in [-0.3, -0.25) is 4.98 Å². The van der Waals surface area contributed by atoms with Gasteiger partial charge in [0.25, 0.3) is 0 Å². The number of methoxy groups -OCH3 is 1. The summed E-state index contributed by atoms with van der Waals surface area (Å²) in [5.41, 5.74) is 2.84. The summed E-state index contributed by atoms with van der Waals surface area (Å²) in [7, 11) is 1.60. The molecule has 1 unspecified atom stereocenters. The van der Waals surface area contributed by atoms with E-state index in [-0.39, 0.29) is 23.9 Å². The highest BCUT2D eigenvalue weighted by molar-refractivity contribution is 5.75. The summed E-state index contributed by atoms with van der Waals surface area (Å²) in [6, 6.07) is 16.4. The topological polar surface area (TPSA) is 83.9 Å². The largest absolute Gasteiger partial charge is 0.508 e. The molecule has 0 bridgehead atoms. The fourth-order valence-electron chi connectivity index (χ4n) is 3.67. The van der Waals surface area contributed by atoms with Gasteiger partial charge in [-0.05, 0) is 72.9 Å². The van der Waals surface area contributed by atoms with Crippen LogP contribution in [0.15, 0.2) is 67.0 Å². The molecule has 1 heterocycles. The van der Waals surface area contributed by atoms with E-state index >= 15 is 0 Å². The molecule has 0 radical (unpaired) electrons. The Morgan fingerprint density at radius 3 is 2.61 bits per heavy atom. The molecule has 2 aromatic carbocycles. The average Bonchev–Trinajstić information content (AvgIpc) is 3.67. The van der Waals surface area contributed by atoms with Crippen LogP contribution in [0.2, 0.25) is 0 Å². The van der Waals surface area contributed by atoms with Gasteiger partial charge in [-0.15, -0.1) is 0 Å². The molecular weight excluding hydrogens is 418 g/mol. The summed E-state index contributed by atoms with van der Waals surface area (Å²) in [5, 5.41) is 12.8. The molecule has 1 saturated carbocycles. The second-order valence-corrected chi connectivity index (χ2v) is 8.25. The van der Waals surface area contributed by atoms with Gasteiger partial charge in [-0.25, -0.2) is 4.79 Å². The van der Waals surface area contributed by atoms with E-state index in [1.165, 1.54) is 0 Å². The molecule has 4 rings (SSSR count). The highest BCUT2D eigenvalue weighted by Crippen LogP contribution is 2.32. The number of aromatic nitrogens is 1. The monoisotopic (exact) mass is 447 g/mol. The number of hydrogen-bond acceptors (Lipinski definition) is 5. The first kappa shape index (κ1) is 22.5. The number of pyridine rings is 1. The lowest BCUT2D eigenvalue weighted by molar-refractivity contribution is 0.188. The van der Waals surface area contributed by atoms with Crippen molar-refractivity contribution in [1.82, 2.24) is 15.2 Å². The Balaban J connectivity index is 1.41. The number of rotatable bonds is 9. The van der Waals surface area contributed by atoms with Crippen LogP contribution in [-0.2, 0) is 13.2 Å². The zero-order valence-corrected chi connectivity index (χ0v) is 18.9. The molecule has 1 atom stereocenters. The Labute approximate surface area is 194 Å². The predicted octanol–water partition coefficient (Wildman–Crippen LogP) is 4.81. The van der Waals surface area contributed by atoms with Gasteiger partial charge >= 0.3 is 6.03 Å². The normalized spacial score (nSPS) is 13.8. The van der Waals surface area contributed by atoms with Gasteiger partial charge in [0.05, 0.1) is 13.2 Å². The number of carbonyl (C=O) groups excluding carboxylic acids is 1. The molecule has 1 fully saturated rings. The number of nitrogens with one attached hydrogen (secondary N) is 1. The summed E-state index contributed by atoms with van der Waals surface area (Å²) < 4.78 is 11.4. The van der Waals surface area contributed by atoms with Gasteiger partial charge in [-0.2, -0.15) is 0 Å². The number of phenolic OH excluding ortho intramolecular Hbond substituents is 1. The number of aromatic hydroxyl groups is 1. The molecule has 1 aromatic heterocycles. The minimum Gasteiger partial charge on any atom is -0.508 e. The maximum atomic E-state index is 13.1. The molecule has 0 spiro atoms. The number of nitrogens with zero attached hydrogens (tertiary/aromatic N) is 2. The maximum absolute atomic E-state index is 13.1. The first-order valence-corrected chi connectivity index (χ1v) is 11.1. The number of ether oxygens (including phenoxy) is 2. The SMILES string of the molecule is COc1cc(C(C)NC(=O)N(Cc2cccc(O)c2)C2CC2)ccc1OCc1ccncc1. The van der Waals surface area contributed by atoms with Crippen molar-refractivity contribution in [2.24, 2.45) is 0 Å². The Kier molecular flexibility index (Phi) is 6.98. The van der Waals surface area contributed by atoms with Crippen LogP contribution in [0.25, 0.3) is 0 Å². The van der Waals surface area contributed by atoms with Crippen molar-refractivity contribution >= 4 is 6.03 Å². The number of urea groups is 1. The lowest BCUT2D eigenvalue weighted by atomic mass is 10.1. The summed E-state index contributed by atoms with van der Waals surface area (Å²) in [6.07, 6.45) is 5.46. The summed E-state index contributed by atoms with van der Waals surface area (Å²) in [5.74, 6) is 1.46. The van der Waals surface area contributed by atoms with Crippen molar-refractivity contribution in [3.63, 3.8) is 0 Å². The van der Waals surface area contributed by atoms with E-state index in [1.54, 1.807) is 37.7 Å². The smallest absolute Gasteiger partial charge is 0.318 e. The van der Waals surface area contributed by atoms with E-state index in [0.717, 1.165) is 29.5 Å². The molecule has 7 nitrogen and oxygen atoms in total. The molecule has 0 saturated heterocycles. The average molecular weight is 448 g/mol. The Morgan fingerprint density at radius 1 is 1.12 bits per heavy atom. The summed E-state index contributed by atoms with van der Waals surface area (Å²) in [4.78, 5) is 18.9. The van der Waals surface area contributed by atoms with Gasteiger partial charge in [0.15, 0.2) is 11.5 Å². The van der Waals surface area contributed by atoms with Crippen LogP contribution in [0.5, 0.6) is 17.2 Å². The molecule has 2 amide bonds. The second-order valence-electron chi connectivity index (χ2n) is 8.25. The van der Waals surface area contributed by atoms with E-state index < -0.39 is 0 Å². The van der Waals surface area contributed by atoms with Crippen LogP contribution in [0.1, 0.15) is 42.5 Å². The molecule has 0 aliphatic heterocycles. The summed E-state index contributed by atoms with van der Waals surface area (Å²) in [6.45, 7) is 2.82. The van der Waals surface area contributed by atoms with E-state index in [9.17, 15) is 9.90 Å². The van der Waals surface area contributed by atoms with Crippen molar-refractivity contribution in [3.05, 3.63) is 83.7 Å². The van der Waals surface area contributed by atoms with E-state index in [1.807, 2.05) is 48.2 Å². The van der Waals surface area contributed by atoms with Crippen molar-refractivity contribution < 1.29 is 19.4 Å². The maximum Gasteiger partial charge on any atom is 0.318 e. The first-order valence-electron chi connectivity index (χ1n) is 11.1. The first-order chi connectivity index (χ1) is 16.0. The molecule has 1 aliphatic rings. The van der Waals surface area contributed by atoms with Crippen molar-refractivity contribution in [1.29, 1.82) is 0 Å². The zero-order valence-electron chi connectivity index (χ0n) is 18.9. The lowest BCUT2D eigenvalue weighted by Crippen LogP contribution is -2.41. The third-order valence-corrected chi connectivity index (χ3v) is 5.68. The van der Waals surface area contributed by atoms with Crippen molar-refractivity contribution in [2.45, 2.75) is 45.0 Å². The standard InChI is InChI=1S/C26H29N3O4/c1-18(28-26(31)29(22-7-8-22)16-20-4-3-5-23(30)14-20)21-6-9-24(25(15-21)32-2)33-17-19-10-12-27-13-11-19/h3-6,9-15,18,22,30H,7-8,16-17H2,1-2H3,(H,28,31). The molecule has 3 aromatic rings. The van der Waals surface area contributed by atoms with Crippen LogP contribution in [-0.4, -0.2) is 34.2 Å². The van der Waals surface area contributed by atoms with Gasteiger partial charge in [0, 0.05) is 25.0 Å². The van der Waals surface area contributed by atoms with Crippen LogP contribution in [0, 0.1) is 0 Å². The number of benzene rings is 2. The van der Waals surface area contributed by atoms with Crippen molar-refractivity contribution in [3.8, 4) is 17.2 Å². The quantitative estimate of drug-likeness (QED) is 0.492. The van der Waals surface area contributed by atoms with Gasteiger partial charge in [0.1, 0.15) is 12.4 Å². The predicted molar refractivity (Wildman–Crippen MR) is 125 cm³/mol. The number of hydrogen-bond donors (Lipinski definition) is 2. The third-order valence-electron chi connectivity index (χ3n) is 5.68. The van der Waals surface area contributed by atoms with Gasteiger partial charge in [0.2, 0.25) is 0 Å². The fourth-order valence-corrected chi connectivity index (χ4v) is 3.67. The number of carbonyl (C=O) groups is 1. The minimum absolute atomic E-state index is 0.120. The molecule has 33 heavy (non-hydrogen) atoms. The molecule has 1 aliphatic carbocycles. The minimum atomic E-state index is -0.217. The van der Waals surface area contributed by atoms with Crippen LogP contribution < -0.4 is 14.8 Å². The fraction of sp³-hybridized carbons (Fsp3) is 0.308. The van der Waals surface area contributed by atoms with E-state index in [4.69, 9.17) is 9.47 Å². The summed E-state index contributed by atoms with van der Waals surface area (Å²) >= 11 is 0. The molecule has 7 heteroatoms. The van der Waals surface area contributed by atoms with E-state index in [2.05, 4.69) is 10.3 Å². The van der Waals surface area contributed by atoms with Gasteiger partial charge in [-0.1, -0.05) is 18.2 Å². The van der Waals surface area contributed by atoms with E-state index in [0.29, 0.717) is 24.7 Å². The number of phenols is 1. The van der Waals surface area contributed by atoms with Crippen LogP contribution >= 0.6 is 0 Å². The van der Waals surface area contributed by atoms with Gasteiger partial charge < -0.3 is 24.8 Å². The van der Waals surface area contributed by atoms with Crippen LogP contribution in [0.3, 0.4) is 0 Å². The lowest BCUT2D eigenvalue weighted by Gasteiger charge is -2.26. The molecule has 172 valence electrons. The highest BCUT2D eigenvalue weighted by Gasteiger charge is 2.33. The number of amides is 2. The Morgan fingerprint density at radius 2 is 1.91 bits per heavy atom. The zero-order chi connectivity index (χ0) is 23.2. The molecule has 2 N–H and O–H groups in total. The molecular formula is C26H29N3O4. The van der Waals surface area contributed by atoms with Crippen molar-refractivity contribution in [2.75, 3.05) is 7.11 Å².